The summed E-state index contributed by atoms with van der Waals surface area (Å²) in [6.07, 6.45) is 6.47. The summed E-state index contributed by atoms with van der Waals surface area (Å²) in [6.45, 7) is 14.1. The van der Waals surface area contributed by atoms with Crippen LogP contribution in [0.4, 0.5) is 11.4 Å². The molecule has 2 heterocycles. The van der Waals surface area contributed by atoms with Crippen molar-refractivity contribution in [2.24, 2.45) is 0 Å². The number of hydrogen-bond acceptors (Lipinski definition) is 6. The number of nitrogens with zero attached hydrogens (tertiary/aromatic N) is 10. The monoisotopic (exact) mass is 570 g/mol. The molecule has 10 heteroatoms. The zero-order valence-electron chi connectivity index (χ0n) is 23.2. The van der Waals surface area contributed by atoms with E-state index in [1.165, 1.54) is 6.33 Å². The van der Waals surface area contributed by atoms with E-state index in [1.807, 2.05) is 53.1 Å². The minimum atomic E-state index is -0.143. The van der Waals surface area contributed by atoms with Crippen molar-refractivity contribution in [3.63, 3.8) is 0 Å². The maximum absolute atomic E-state index is 8.92. The molecular formula is C34H22N10. The maximum atomic E-state index is 8.92. The van der Waals surface area contributed by atoms with E-state index in [0.29, 0.717) is 22.5 Å². The van der Waals surface area contributed by atoms with Crippen molar-refractivity contribution in [1.82, 2.24) is 29.5 Å². The van der Waals surface area contributed by atoms with Crippen LogP contribution in [0.2, 0.25) is 0 Å². The van der Waals surface area contributed by atoms with Gasteiger partial charge in [0, 0.05) is 0 Å². The highest BCUT2D eigenvalue weighted by atomic mass is 15.3. The Labute approximate surface area is 254 Å². The highest BCUT2D eigenvalue weighted by Crippen LogP contribution is 2.29. The van der Waals surface area contributed by atoms with Gasteiger partial charge >= 0.3 is 0 Å². The van der Waals surface area contributed by atoms with Crippen LogP contribution in [0.25, 0.3) is 9.69 Å². The van der Waals surface area contributed by atoms with Crippen molar-refractivity contribution in [3.05, 3.63) is 179 Å². The van der Waals surface area contributed by atoms with Crippen LogP contribution in [0, 0.1) is 35.8 Å². The first-order chi connectivity index (χ1) is 21.6. The Morgan fingerprint density at radius 1 is 0.568 bits per heavy atom. The summed E-state index contributed by atoms with van der Waals surface area (Å²) in [5, 5.41) is 29.8. The molecular weight excluding hydrogens is 548 g/mol. The molecule has 0 radical (unpaired) electrons. The predicted molar refractivity (Wildman–Crippen MR) is 162 cm³/mol. The first kappa shape index (κ1) is 28.6. The predicted octanol–water partition coefficient (Wildman–Crippen LogP) is 6.68. The highest BCUT2D eigenvalue weighted by molar-refractivity contribution is 5.49. The Morgan fingerprint density at radius 3 is 1.34 bits per heavy atom. The smallest absolute Gasteiger partial charge is 0.187 e. The van der Waals surface area contributed by atoms with Gasteiger partial charge in [0.25, 0.3) is 0 Å². The minimum Gasteiger partial charge on any atom is -0.308 e. The van der Waals surface area contributed by atoms with Crippen molar-refractivity contribution in [1.29, 1.82) is 10.5 Å². The number of benzene rings is 4. The van der Waals surface area contributed by atoms with E-state index in [9.17, 15) is 0 Å². The van der Waals surface area contributed by atoms with Crippen molar-refractivity contribution in [3.8, 4) is 12.1 Å². The second-order valence-corrected chi connectivity index (χ2v) is 9.46. The fourth-order valence-corrected chi connectivity index (χ4v) is 4.67. The molecule has 44 heavy (non-hydrogen) atoms. The van der Waals surface area contributed by atoms with E-state index in [2.05, 4.69) is 42.1 Å². The van der Waals surface area contributed by atoms with Crippen LogP contribution in [0.1, 0.15) is 45.5 Å². The lowest BCUT2D eigenvalue weighted by Gasteiger charge is -2.19. The molecule has 208 valence electrons. The van der Waals surface area contributed by atoms with E-state index in [1.54, 1.807) is 72.2 Å². The highest BCUT2D eigenvalue weighted by Gasteiger charge is 2.18. The SMILES string of the molecule is [C-]#[N+]c1ccc(C(c2ccc(C#N)cc2)n2cncn2)cc1.[C-]#[N+]c1ccc(C(c2ccc(C#N)cc2)n2cnnc2)cc1. The molecule has 2 unspecified atom stereocenters. The van der Waals surface area contributed by atoms with Gasteiger partial charge in [-0.1, -0.05) is 72.8 Å². The summed E-state index contributed by atoms with van der Waals surface area (Å²) >= 11 is 0. The van der Waals surface area contributed by atoms with Crippen molar-refractivity contribution in [2.75, 3.05) is 0 Å². The third-order valence-corrected chi connectivity index (χ3v) is 6.82. The van der Waals surface area contributed by atoms with Gasteiger partial charge < -0.3 is 4.57 Å². The van der Waals surface area contributed by atoms with Crippen LogP contribution in [0.3, 0.4) is 0 Å². The number of hydrogen-bond donors (Lipinski definition) is 0. The van der Waals surface area contributed by atoms with Gasteiger partial charge in [-0.15, -0.1) is 10.2 Å². The molecule has 0 aliphatic heterocycles. The summed E-state index contributed by atoms with van der Waals surface area (Å²) in [5.74, 6) is 0. The molecule has 0 saturated heterocycles. The molecule has 2 aromatic heterocycles. The standard InChI is InChI=1S/2C17H11N5/c1-19-16-8-6-15(7-9-16)17(22-11-20-21-12-22)14-4-2-13(10-18)3-5-14;1-19-16-8-6-15(7-9-16)17(22-12-20-11-21-22)14-4-2-13(10-18)3-5-14/h2*2-9,11-12,17H. The molecule has 6 rings (SSSR count). The Hall–Kier alpha value is -6.88. The maximum Gasteiger partial charge on any atom is 0.187 e. The van der Waals surface area contributed by atoms with Crippen LogP contribution in [-0.2, 0) is 0 Å². The third kappa shape index (κ3) is 6.53. The van der Waals surface area contributed by atoms with Crippen LogP contribution in [-0.4, -0.2) is 29.5 Å². The Morgan fingerprint density at radius 2 is 0.977 bits per heavy atom. The minimum absolute atomic E-state index is 0.0949. The number of rotatable bonds is 6. The van der Waals surface area contributed by atoms with Crippen molar-refractivity contribution in [2.45, 2.75) is 12.1 Å². The topological polar surface area (TPSA) is 118 Å². The first-order valence-corrected chi connectivity index (χ1v) is 13.3. The van der Waals surface area contributed by atoms with Crippen LogP contribution >= 0.6 is 0 Å². The zero-order valence-corrected chi connectivity index (χ0v) is 23.2. The average Bonchev–Trinajstić information content (AvgIpc) is 3.83. The summed E-state index contributed by atoms with van der Waals surface area (Å²) in [7, 11) is 0. The molecule has 4 aromatic carbocycles. The van der Waals surface area contributed by atoms with Crippen molar-refractivity contribution < 1.29 is 0 Å². The Bertz CT molecular complexity index is 1700. The molecule has 10 nitrogen and oxygen atoms in total. The first-order valence-electron chi connectivity index (χ1n) is 13.3. The lowest BCUT2D eigenvalue weighted by atomic mass is 9.97. The van der Waals surface area contributed by atoms with Crippen molar-refractivity contribution >= 4 is 11.4 Å². The van der Waals surface area contributed by atoms with Gasteiger partial charge in [-0.25, -0.2) is 19.4 Å². The molecule has 0 saturated carbocycles. The summed E-state index contributed by atoms with van der Waals surface area (Å²) in [6, 6.07) is 33.7. The molecule has 0 bridgehead atoms. The second kappa shape index (κ2) is 13.7. The molecule has 6 aromatic rings. The fraction of sp³-hybridized carbons (Fsp3) is 0.0588. The van der Waals surface area contributed by atoms with Gasteiger partial charge in [-0.05, 0) is 46.5 Å². The quantitative estimate of drug-likeness (QED) is 0.206. The summed E-state index contributed by atoms with van der Waals surface area (Å²) < 4.78 is 3.66. The van der Waals surface area contributed by atoms with Crippen LogP contribution in [0.15, 0.2) is 122 Å². The Balaban J connectivity index is 0.000000175. The normalized spacial score (nSPS) is 11.4. The molecule has 0 amide bonds. The van der Waals surface area contributed by atoms with Gasteiger partial charge in [-0.3, -0.25) is 0 Å². The molecule has 0 aliphatic rings. The number of nitriles is 2. The van der Waals surface area contributed by atoms with Gasteiger partial charge in [0.15, 0.2) is 11.4 Å². The molecule has 0 N–H and O–H groups in total. The summed E-state index contributed by atoms with van der Waals surface area (Å²) in [4.78, 5) is 10.8. The zero-order chi connectivity index (χ0) is 30.7. The van der Waals surface area contributed by atoms with E-state index < -0.39 is 0 Å². The van der Waals surface area contributed by atoms with Gasteiger partial charge in [0.05, 0.1) is 42.5 Å². The molecule has 0 aliphatic carbocycles. The third-order valence-electron chi connectivity index (χ3n) is 6.82. The average molecular weight is 571 g/mol. The molecule has 0 fully saturated rings. The second-order valence-electron chi connectivity index (χ2n) is 9.46. The van der Waals surface area contributed by atoms with Crippen LogP contribution < -0.4 is 0 Å². The van der Waals surface area contributed by atoms with E-state index in [-0.39, 0.29) is 12.1 Å². The fourth-order valence-electron chi connectivity index (χ4n) is 4.67. The van der Waals surface area contributed by atoms with Gasteiger partial charge in [-0.2, -0.15) is 15.6 Å². The molecule has 0 spiro atoms. The van der Waals surface area contributed by atoms with E-state index >= 15 is 0 Å². The summed E-state index contributed by atoms with van der Waals surface area (Å²) in [5.41, 5.74) is 6.49. The molecule has 2 atom stereocenters. The van der Waals surface area contributed by atoms with Crippen LogP contribution in [0.5, 0.6) is 0 Å². The lowest BCUT2D eigenvalue weighted by Crippen LogP contribution is -2.12. The van der Waals surface area contributed by atoms with E-state index in [0.717, 1.165) is 22.3 Å². The largest absolute Gasteiger partial charge is 0.308 e. The lowest BCUT2D eigenvalue weighted by molar-refractivity contribution is 0.594. The van der Waals surface area contributed by atoms with Gasteiger partial charge in [0.1, 0.15) is 31.4 Å². The Kier molecular flexibility index (Phi) is 8.89. The van der Waals surface area contributed by atoms with Gasteiger partial charge in [0.2, 0.25) is 0 Å². The van der Waals surface area contributed by atoms with E-state index in [4.69, 9.17) is 23.7 Å². The number of aromatic nitrogens is 6.